The molecule has 0 amide bonds. The Morgan fingerprint density at radius 2 is 1.60 bits per heavy atom. The van der Waals surface area contributed by atoms with Gasteiger partial charge in [0.25, 0.3) is 0 Å². The van der Waals surface area contributed by atoms with Crippen LogP contribution in [-0.2, 0) is 0 Å². The molecule has 1 aliphatic heterocycles. The zero-order chi connectivity index (χ0) is 14.2. The summed E-state index contributed by atoms with van der Waals surface area (Å²) in [7, 11) is 0. The number of nitrogens with zero attached hydrogens (tertiary/aromatic N) is 1. The van der Waals surface area contributed by atoms with Gasteiger partial charge in [-0.2, -0.15) is 0 Å². The maximum absolute atomic E-state index is 3.66. The van der Waals surface area contributed by atoms with Crippen LogP contribution in [0.1, 0.15) is 51.1 Å². The predicted molar refractivity (Wildman–Crippen MR) is 86.9 cm³/mol. The second kappa shape index (κ2) is 8.43. The quantitative estimate of drug-likeness (QED) is 0.847. The Labute approximate surface area is 124 Å². The van der Waals surface area contributed by atoms with E-state index in [9.17, 15) is 0 Å². The van der Waals surface area contributed by atoms with E-state index >= 15 is 0 Å². The first-order chi connectivity index (χ1) is 9.77. The SMILES string of the molecule is CC(C)CNCC(c1ccccc1)N1CCCCCC1. The Bertz CT molecular complexity index is 353. The normalized spacial score (nSPS) is 18.9. The van der Waals surface area contributed by atoms with E-state index in [1.54, 1.807) is 0 Å². The van der Waals surface area contributed by atoms with E-state index in [-0.39, 0.29) is 0 Å². The van der Waals surface area contributed by atoms with Gasteiger partial charge in [0.15, 0.2) is 0 Å². The first-order valence-corrected chi connectivity index (χ1v) is 8.27. The lowest BCUT2D eigenvalue weighted by atomic mass is 10.0. The molecule has 0 aliphatic carbocycles. The van der Waals surface area contributed by atoms with Crippen molar-refractivity contribution in [1.82, 2.24) is 10.2 Å². The molecular formula is C18H30N2. The van der Waals surface area contributed by atoms with Crippen LogP contribution in [-0.4, -0.2) is 31.1 Å². The van der Waals surface area contributed by atoms with Gasteiger partial charge in [-0.3, -0.25) is 4.90 Å². The van der Waals surface area contributed by atoms with Crippen molar-refractivity contribution in [2.45, 2.75) is 45.6 Å². The van der Waals surface area contributed by atoms with Gasteiger partial charge in [-0.05, 0) is 44.0 Å². The van der Waals surface area contributed by atoms with E-state index < -0.39 is 0 Å². The third kappa shape index (κ3) is 4.92. The van der Waals surface area contributed by atoms with Crippen LogP contribution >= 0.6 is 0 Å². The highest BCUT2D eigenvalue weighted by molar-refractivity contribution is 5.19. The maximum atomic E-state index is 3.66. The number of hydrogen-bond donors (Lipinski definition) is 1. The Morgan fingerprint density at radius 1 is 0.950 bits per heavy atom. The average Bonchev–Trinajstić information content (AvgIpc) is 2.73. The number of likely N-dealkylation sites (tertiary alicyclic amines) is 1. The molecule has 1 N–H and O–H groups in total. The summed E-state index contributed by atoms with van der Waals surface area (Å²) in [6.45, 7) is 9.23. The van der Waals surface area contributed by atoms with Gasteiger partial charge >= 0.3 is 0 Å². The van der Waals surface area contributed by atoms with Crippen LogP contribution < -0.4 is 5.32 Å². The van der Waals surface area contributed by atoms with Crippen molar-refractivity contribution >= 4 is 0 Å². The van der Waals surface area contributed by atoms with E-state index in [2.05, 4.69) is 54.4 Å². The largest absolute Gasteiger partial charge is 0.315 e. The lowest BCUT2D eigenvalue weighted by Gasteiger charge is -2.31. The molecule has 1 fully saturated rings. The highest BCUT2D eigenvalue weighted by Crippen LogP contribution is 2.23. The molecular weight excluding hydrogens is 244 g/mol. The van der Waals surface area contributed by atoms with Gasteiger partial charge < -0.3 is 5.32 Å². The van der Waals surface area contributed by atoms with Crippen molar-refractivity contribution in [3.8, 4) is 0 Å². The van der Waals surface area contributed by atoms with Crippen molar-refractivity contribution in [1.29, 1.82) is 0 Å². The Morgan fingerprint density at radius 3 is 2.20 bits per heavy atom. The van der Waals surface area contributed by atoms with Gasteiger partial charge in [0.1, 0.15) is 0 Å². The first kappa shape index (κ1) is 15.5. The van der Waals surface area contributed by atoms with Crippen molar-refractivity contribution in [3.63, 3.8) is 0 Å². The molecule has 1 atom stereocenters. The van der Waals surface area contributed by atoms with Gasteiger partial charge in [0.05, 0.1) is 0 Å². The van der Waals surface area contributed by atoms with Crippen LogP contribution in [0.4, 0.5) is 0 Å². The van der Waals surface area contributed by atoms with E-state index in [1.807, 2.05) is 0 Å². The second-order valence-electron chi connectivity index (χ2n) is 6.43. The topological polar surface area (TPSA) is 15.3 Å². The summed E-state index contributed by atoms with van der Waals surface area (Å²) in [5, 5.41) is 3.66. The lowest BCUT2D eigenvalue weighted by Crippen LogP contribution is -2.37. The lowest BCUT2D eigenvalue weighted by molar-refractivity contribution is 0.199. The highest BCUT2D eigenvalue weighted by atomic mass is 15.2. The van der Waals surface area contributed by atoms with Crippen molar-refractivity contribution in [3.05, 3.63) is 35.9 Å². The van der Waals surface area contributed by atoms with E-state index in [1.165, 1.54) is 44.3 Å². The molecule has 0 radical (unpaired) electrons. The summed E-state index contributed by atoms with van der Waals surface area (Å²) in [4.78, 5) is 2.69. The Kier molecular flexibility index (Phi) is 6.55. The molecule has 1 saturated heterocycles. The second-order valence-corrected chi connectivity index (χ2v) is 6.43. The summed E-state index contributed by atoms with van der Waals surface area (Å²) in [6.07, 6.45) is 5.51. The zero-order valence-electron chi connectivity index (χ0n) is 13.1. The fourth-order valence-electron chi connectivity index (χ4n) is 3.05. The molecule has 0 spiro atoms. The molecule has 1 aliphatic rings. The third-order valence-corrected chi connectivity index (χ3v) is 4.16. The average molecular weight is 274 g/mol. The molecule has 0 bridgehead atoms. The number of nitrogens with one attached hydrogen (secondary N) is 1. The molecule has 20 heavy (non-hydrogen) atoms. The van der Waals surface area contributed by atoms with Crippen molar-refractivity contribution < 1.29 is 0 Å². The Hall–Kier alpha value is -0.860. The standard InChI is InChI=1S/C18H30N2/c1-16(2)14-19-15-18(17-10-6-5-7-11-17)20-12-8-3-4-9-13-20/h5-7,10-11,16,18-19H,3-4,8-9,12-15H2,1-2H3. The Balaban J connectivity index is 2.02. The summed E-state index contributed by atoms with van der Waals surface area (Å²) < 4.78 is 0. The molecule has 2 rings (SSSR count). The summed E-state index contributed by atoms with van der Waals surface area (Å²) in [5.74, 6) is 0.718. The molecule has 2 nitrogen and oxygen atoms in total. The van der Waals surface area contributed by atoms with E-state index in [0.717, 1.165) is 19.0 Å². The molecule has 1 aromatic carbocycles. The molecule has 2 heteroatoms. The number of hydrogen-bond acceptors (Lipinski definition) is 2. The minimum absolute atomic E-state index is 0.535. The molecule has 0 saturated carbocycles. The highest BCUT2D eigenvalue weighted by Gasteiger charge is 2.20. The summed E-state index contributed by atoms with van der Waals surface area (Å²) >= 11 is 0. The fourth-order valence-corrected chi connectivity index (χ4v) is 3.05. The van der Waals surface area contributed by atoms with Gasteiger partial charge in [0.2, 0.25) is 0 Å². The van der Waals surface area contributed by atoms with Gasteiger partial charge in [-0.25, -0.2) is 0 Å². The fraction of sp³-hybridized carbons (Fsp3) is 0.667. The van der Waals surface area contributed by atoms with Gasteiger partial charge in [-0.15, -0.1) is 0 Å². The van der Waals surface area contributed by atoms with Crippen molar-refractivity contribution in [2.75, 3.05) is 26.2 Å². The molecule has 1 unspecified atom stereocenters. The van der Waals surface area contributed by atoms with E-state index in [0.29, 0.717) is 6.04 Å². The zero-order valence-corrected chi connectivity index (χ0v) is 13.1. The van der Waals surface area contributed by atoms with Crippen molar-refractivity contribution in [2.24, 2.45) is 5.92 Å². The number of rotatable bonds is 6. The maximum Gasteiger partial charge on any atom is 0.0472 e. The molecule has 1 heterocycles. The minimum atomic E-state index is 0.535. The molecule has 1 aromatic rings. The van der Waals surface area contributed by atoms with Crippen LogP contribution in [0.15, 0.2) is 30.3 Å². The van der Waals surface area contributed by atoms with Gasteiger partial charge in [0, 0.05) is 12.6 Å². The molecule has 0 aromatic heterocycles. The van der Waals surface area contributed by atoms with Crippen LogP contribution in [0.3, 0.4) is 0 Å². The number of benzene rings is 1. The van der Waals surface area contributed by atoms with Crippen LogP contribution in [0.5, 0.6) is 0 Å². The van der Waals surface area contributed by atoms with Crippen LogP contribution in [0.2, 0.25) is 0 Å². The minimum Gasteiger partial charge on any atom is -0.315 e. The smallest absolute Gasteiger partial charge is 0.0472 e. The van der Waals surface area contributed by atoms with Gasteiger partial charge in [-0.1, -0.05) is 57.0 Å². The van der Waals surface area contributed by atoms with Crippen LogP contribution in [0, 0.1) is 5.92 Å². The predicted octanol–water partition coefficient (Wildman–Crippen LogP) is 3.85. The third-order valence-electron chi connectivity index (χ3n) is 4.16. The monoisotopic (exact) mass is 274 g/mol. The summed E-state index contributed by atoms with van der Waals surface area (Å²) in [5.41, 5.74) is 1.46. The molecule has 112 valence electrons. The van der Waals surface area contributed by atoms with E-state index in [4.69, 9.17) is 0 Å². The first-order valence-electron chi connectivity index (χ1n) is 8.27. The van der Waals surface area contributed by atoms with Crippen LogP contribution in [0.25, 0.3) is 0 Å². The summed E-state index contributed by atoms with van der Waals surface area (Å²) in [6, 6.07) is 11.6.